The average molecular weight is 673 g/mol. The van der Waals surface area contributed by atoms with E-state index in [4.69, 9.17) is 0 Å². The summed E-state index contributed by atoms with van der Waals surface area (Å²) < 4.78 is 0. The Balaban J connectivity index is 0.000000208. The van der Waals surface area contributed by atoms with Crippen molar-refractivity contribution in [3.05, 3.63) is 129 Å². The van der Waals surface area contributed by atoms with Gasteiger partial charge in [-0.05, 0) is 10.8 Å². The van der Waals surface area contributed by atoms with Crippen molar-refractivity contribution in [3.8, 4) is 23.0 Å². The second-order valence-corrected chi connectivity index (χ2v) is 9.49. The van der Waals surface area contributed by atoms with Gasteiger partial charge in [-0.25, -0.2) is 0 Å². The van der Waals surface area contributed by atoms with E-state index in [0.29, 0.717) is 10.8 Å². The summed E-state index contributed by atoms with van der Waals surface area (Å²) in [5, 5.41) is 86.9. The zero-order valence-corrected chi connectivity index (χ0v) is 24.7. The maximum Gasteiger partial charge on any atom is 3.00 e. The Hall–Kier alpha value is -6.45. The number of nitro benzene ring substituents is 2. The van der Waals surface area contributed by atoms with Gasteiger partial charge in [-0.2, -0.15) is 20.5 Å². The predicted octanol–water partition coefficient (Wildman–Crippen LogP) is 6.62. The predicted molar refractivity (Wildman–Crippen MR) is 160 cm³/mol. The fourth-order valence-electron chi connectivity index (χ4n) is 4.28. The molecule has 0 aliphatic heterocycles. The van der Waals surface area contributed by atoms with Gasteiger partial charge >= 0.3 is 16.8 Å². The van der Waals surface area contributed by atoms with Crippen molar-refractivity contribution in [3.63, 3.8) is 0 Å². The van der Waals surface area contributed by atoms with Crippen LogP contribution in [0.3, 0.4) is 0 Å². The van der Waals surface area contributed by atoms with Crippen molar-refractivity contribution in [2.24, 2.45) is 20.5 Å². The summed E-state index contributed by atoms with van der Waals surface area (Å²) in [6, 6.07) is 26.7. The molecule has 0 aromatic heterocycles. The summed E-state index contributed by atoms with van der Waals surface area (Å²) in [5.41, 5.74) is -0.723. The smallest absolute Gasteiger partial charge is 0.871 e. The van der Waals surface area contributed by atoms with Crippen LogP contribution in [-0.4, -0.2) is 9.85 Å². The van der Waals surface area contributed by atoms with Crippen molar-refractivity contribution in [2.45, 2.75) is 0 Å². The Bertz CT molecular complexity index is 2040. The van der Waals surface area contributed by atoms with Gasteiger partial charge in [-0.3, -0.25) is 20.2 Å². The molecule has 6 aromatic carbocycles. The second kappa shape index (κ2) is 14.6. The molecule has 0 saturated heterocycles. The number of benzene rings is 6. The molecule has 47 heavy (non-hydrogen) atoms. The Morgan fingerprint density at radius 3 is 1.19 bits per heavy atom. The quantitative estimate of drug-likeness (QED) is 0.106. The van der Waals surface area contributed by atoms with Gasteiger partial charge in [-0.1, -0.05) is 108 Å². The molecule has 0 heterocycles. The largest absolute Gasteiger partial charge is 3.00 e. The Morgan fingerprint density at radius 2 is 0.809 bits per heavy atom. The van der Waals surface area contributed by atoms with Crippen LogP contribution in [0.1, 0.15) is 0 Å². The van der Waals surface area contributed by atoms with Gasteiger partial charge in [0.05, 0.1) is 32.6 Å². The molecule has 0 spiro atoms. The Morgan fingerprint density at radius 1 is 0.447 bits per heavy atom. The molecule has 0 N–H and O–H groups in total. The van der Waals surface area contributed by atoms with Gasteiger partial charge in [0, 0.05) is 35.0 Å². The van der Waals surface area contributed by atoms with Gasteiger partial charge in [0.2, 0.25) is 0 Å². The first-order valence-electron chi connectivity index (χ1n) is 13.2. The maximum absolute atomic E-state index is 12.0. The molecule has 234 valence electrons. The van der Waals surface area contributed by atoms with Crippen LogP contribution in [-0.2, 0) is 16.8 Å². The van der Waals surface area contributed by atoms with E-state index in [2.05, 4.69) is 20.5 Å². The van der Waals surface area contributed by atoms with Crippen molar-refractivity contribution in [1.82, 2.24) is 0 Å². The van der Waals surface area contributed by atoms with Crippen LogP contribution in [0.4, 0.5) is 34.1 Å². The molecule has 6 aromatic rings. The fraction of sp³-hybridized carbons (Fsp3) is 0. The van der Waals surface area contributed by atoms with Gasteiger partial charge in [0.15, 0.2) is 0 Å². The number of azo groups is 2. The van der Waals surface area contributed by atoms with E-state index in [0.717, 1.165) is 47.2 Å². The summed E-state index contributed by atoms with van der Waals surface area (Å²) in [5.74, 6) is -1.70. The normalized spacial score (nSPS) is 10.9. The van der Waals surface area contributed by atoms with E-state index < -0.39 is 21.3 Å². The van der Waals surface area contributed by atoms with Gasteiger partial charge in [0.25, 0.3) is 11.4 Å². The van der Waals surface area contributed by atoms with Gasteiger partial charge in [-0.15, -0.1) is 0 Å². The molecule has 0 aliphatic carbocycles. The number of non-ortho nitro benzene ring substituents is 2. The fourth-order valence-corrected chi connectivity index (χ4v) is 4.28. The Kier molecular flexibility index (Phi) is 10.4. The standard InChI is InChI=1S/2C16H11N3O4.Co/c2*20-14-8-6-11(19(22)23)9-13(14)17-18-16-12-4-2-1-3-10(12)5-7-15(16)21;/h2*1-9,20-21H;/q;;+3/p-4. The summed E-state index contributed by atoms with van der Waals surface area (Å²) in [4.78, 5) is 20.2. The third kappa shape index (κ3) is 7.62. The Labute approximate surface area is 275 Å². The summed E-state index contributed by atoms with van der Waals surface area (Å²) >= 11 is 0. The number of nitrogens with zero attached hydrogens (tertiary/aromatic N) is 6. The summed E-state index contributed by atoms with van der Waals surface area (Å²) in [6.07, 6.45) is 0. The first-order chi connectivity index (χ1) is 22.1. The van der Waals surface area contributed by atoms with Crippen molar-refractivity contribution >= 4 is 55.7 Å². The van der Waals surface area contributed by atoms with Crippen LogP contribution < -0.4 is 20.4 Å². The van der Waals surface area contributed by atoms with E-state index in [1.165, 1.54) is 12.1 Å². The van der Waals surface area contributed by atoms with E-state index in [-0.39, 0.29) is 62.4 Å². The topological polar surface area (TPSA) is 228 Å². The van der Waals surface area contributed by atoms with Crippen molar-refractivity contribution in [2.75, 3.05) is 0 Å². The first kappa shape index (κ1) is 33.4. The van der Waals surface area contributed by atoms with Crippen LogP contribution in [0.5, 0.6) is 23.0 Å². The van der Waals surface area contributed by atoms with Crippen LogP contribution >= 0.6 is 0 Å². The molecule has 15 heteroatoms. The van der Waals surface area contributed by atoms with Gasteiger partial charge < -0.3 is 20.4 Å². The number of hydrogen-bond acceptors (Lipinski definition) is 12. The third-order valence-electron chi connectivity index (χ3n) is 6.55. The monoisotopic (exact) mass is 673 g/mol. The van der Waals surface area contributed by atoms with Crippen molar-refractivity contribution < 1.29 is 47.1 Å². The van der Waals surface area contributed by atoms with Crippen molar-refractivity contribution in [1.29, 1.82) is 0 Å². The second-order valence-electron chi connectivity index (χ2n) is 9.49. The maximum atomic E-state index is 12.0. The van der Waals surface area contributed by atoms with E-state index in [9.17, 15) is 40.7 Å². The first-order valence-corrected chi connectivity index (χ1v) is 13.2. The summed E-state index contributed by atoms with van der Waals surface area (Å²) in [6.45, 7) is 0. The minimum absolute atomic E-state index is 0. The van der Waals surface area contributed by atoms with Crippen LogP contribution in [0.25, 0.3) is 21.5 Å². The van der Waals surface area contributed by atoms with Crippen LogP contribution in [0.2, 0.25) is 0 Å². The molecule has 0 atom stereocenters. The average Bonchev–Trinajstić information content (AvgIpc) is 3.05. The summed E-state index contributed by atoms with van der Waals surface area (Å²) in [7, 11) is 0. The molecule has 0 amide bonds. The molecule has 0 saturated carbocycles. The van der Waals surface area contributed by atoms with Crippen LogP contribution in [0, 0.1) is 20.2 Å². The van der Waals surface area contributed by atoms with Gasteiger partial charge in [0.1, 0.15) is 0 Å². The van der Waals surface area contributed by atoms with Crippen LogP contribution in [0.15, 0.2) is 130 Å². The van der Waals surface area contributed by atoms with E-state index >= 15 is 0 Å². The molecule has 0 aliphatic rings. The molecule has 0 radical (unpaired) electrons. The van der Waals surface area contributed by atoms with E-state index in [1.54, 1.807) is 36.4 Å². The zero-order chi connectivity index (χ0) is 32.8. The number of hydrogen-bond donors (Lipinski definition) is 0. The SMILES string of the molecule is O=[N+]([O-])c1ccc([O-])c(N=Nc2c([O-])ccc3ccccc23)c1.O=[N+]([O-])c1ccc([O-])c(N=Nc2c([O-])ccc3ccccc23)c1.[Co+3]. The molecule has 0 unspecified atom stereocenters. The van der Waals surface area contributed by atoms with E-state index in [1.807, 2.05) is 24.3 Å². The molecule has 0 bridgehead atoms. The number of fused-ring (bicyclic) bond motifs is 2. The molecular formula is C32H18CoN6O8-. The minimum Gasteiger partial charge on any atom is -0.871 e. The molecule has 0 fully saturated rings. The third-order valence-corrected chi connectivity index (χ3v) is 6.55. The number of nitro groups is 2. The zero-order valence-electron chi connectivity index (χ0n) is 23.7. The molecule has 6 rings (SSSR count). The molecular weight excluding hydrogens is 655 g/mol. The number of rotatable bonds is 6. The molecule has 14 nitrogen and oxygen atoms in total. The minimum atomic E-state index is -0.630.